The van der Waals surface area contributed by atoms with E-state index in [4.69, 9.17) is 27.9 Å². The number of amides is 1. The van der Waals surface area contributed by atoms with Crippen molar-refractivity contribution >= 4 is 34.9 Å². The van der Waals surface area contributed by atoms with Gasteiger partial charge in [0.2, 0.25) is 5.91 Å². The van der Waals surface area contributed by atoms with Crippen LogP contribution in [-0.2, 0) is 11.2 Å². The number of carbonyl (C=O) groups is 2. The summed E-state index contributed by atoms with van der Waals surface area (Å²) in [5.74, 6) is 0.221. The maximum atomic E-state index is 12.2. The van der Waals surface area contributed by atoms with Gasteiger partial charge in [-0.05, 0) is 30.5 Å². The molecule has 2 aromatic carbocycles. The molecule has 4 nitrogen and oxygen atoms in total. The predicted molar refractivity (Wildman–Crippen MR) is 99.7 cm³/mol. The summed E-state index contributed by atoms with van der Waals surface area (Å²) in [6.07, 6.45) is 1.69. The van der Waals surface area contributed by atoms with E-state index in [2.05, 4.69) is 5.32 Å². The highest BCUT2D eigenvalue weighted by Crippen LogP contribution is 2.31. The molecule has 0 heterocycles. The monoisotopic (exact) mass is 379 g/mol. The average Bonchev–Trinajstić information content (AvgIpc) is 2.60. The van der Waals surface area contributed by atoms with E-state index in [9.17, 15) is 9.59 Å². The van der Waals surface area contributed by atoms with Crippen molar-refractivity contribution < 1.29 is 14.3 Å². The third-order valence-electron chi connectivity index (χ3n) is 3.57. The van der Waals surface area contributed by atoms with Crippen LogP contribution in [0, 0.1) is 0 Å². The molecule has 0 saturated heterocycles. The zero-order valence-electron chi connectivity index (χ0n) is 13.9. The molecule has 6 heteroatoms. The van der Waals surface area contributed by atoms with Crippen molar-refractivity contribution in [1.29, 1.82) is 0 Å². The van der Waals surface area contributed by atoms with Crippen molar-refractivity contribution in [3.8, 4) is 5.75 Å². The Hall–Kier alpha value is -2.04. The normalized spacial score (nSPS) is 10.4. The topological polar surface area (TPSA) is 55.4 Å². The Morgan fingerprint density at radius 2 is 1.80 bits per heavy atom. The molecule has 1 amide bonds. The van der Waals surface area contributed by atoms with Crippen LogP contribution in [0.3, 0.4) is 0 Å². The molecular weight excluding hydrogens is 361 g/mol. The number of Topliss-reactive ketones (excluding diaryl/α,β-unsaturated/α-hetero) is 1. The molecule has 0 atom stereocenters. The Morgan fingerprint density at radius 3 is 2.48 bits per heavy atom. The number of hydrogen-bond donors (Lipinski definition) is 1. The van der Waals surface area contributed by atoms with Gasteiger partial charge >= 0.3 is 0 Å². The fraction of sp³-hybridized carbons (Fsp3) is 0.263. The van der Waals surface area contributed by atoms with Gasteiger partial charge in [0.15, 0.2) is 12.4 Å². The third kappa shape index (κ3) is 6.07. The molecule has 0 fully saturated rings. The minimum atomic E-state index is -0.138. The number of hydrogen-bond acceptors (Lipinski definition) is 3. The highest BCUT2D eigenvalue weighted by molar-refractivity contribution is 6.42. The van der Waals surface area contributed by atoms with Gasteiger partial charge in [-0.1, -0.05) is 53.5 Å². The maximum Gasteiger partial charge on any atom is 0.216 e. The van der Waals surface area contributed by atoms with Crippen LogP contribution in [-0.4, -0.2) is 24.8 Å². The quantitative estimate of drug-likeness (QED) is 0.548. The van der Waals surface area contributed by atoms with Gasteiger partial charge in [-0.2, -0.15) is 0 Å². The van der Waals surface area contributed by atoms with Gasteiger partial charge in [0, 0.05) is 19.0 Å². The van der Waals surface area contributed by atoms with E-state index in [1.54, 1.807) is 30.3 Å². The van der Waals surface area contributed by atoms with Crippen molar-refractivity contribution in [3.63, 3.8) is 0 Å². The number of rotatable bonds is 8. The molecule has 0 unspecified atom stereocenters. The molecule has 0 saturated carbocycles. The van der Waals surface area contributed by atoms with Gasteiger partial charge in [-0.25, -0.2) is 0 Å². The molecule has 0 aliphatic carbocycles. The second kappa shape index (κ2) is 9.44. The summed E-state index contributed by atoms with van der Waals surface area (Å²) >= 11 is 11.9. The molecule has 0 aliphatic rings. The van der Waals surface area contributed by atoms with Crippen molar-refractivity contribution in [1.82, 2.24) is 5.32 Å². The minimum Gasteiger partial charge on any atom is -0.484 e. The van der Waals surface area contributed by atoms with Crippen molar-refractivity contribution in [2.75, 3.05) is 13.2 Å². The fourth-order valence-corrected chi connectivity index (χ4v) is 2.58. The van der Waals surface area contributed by atoms with E-state index >= 15 is 0 Å². The molecule has 0 spiro atoms. The Balaban J connectivity index is 1.85. The molecule has 1 N–H and O–H groups in total. The molecule has 0 aromatic heterocycles. The smallest absolute Gasteiger partial charge is 0.216 e. The number of halogens is 2. The molecule has 0 bridgehead atoms. The van der Waals surface area contributed by atoms with E-state index < -0.39 is 0 Å². The second-order valence-corrected chi connectivity index (χ2v) is 6.33. The van der Waals surface area contributed by atoms with Gasteiger partial charge in [-0.15, -0.1) is 0 Å². The highest BCUT2D eigenvalue weighted by atomic mass is 35.5. The summed E-state index contributed by atoms with van der Waals surface area (Å²) in [5, 5.41) is 3.44. The molecule has 0 aliphatic heterocycles. The van der Waals surface area contributed by atoms with Crippen LogP contribution in [0.4, 0.5) is 0 Å². The molecule has 0 radical (unpaired) electrons. The minimum absolute atomic E-state index is 0.0271. The number of benzene rings is 2. The Labute approximate surface area is 157 Å². The third-order valence-corrected chi connectivity index (χ3v) is 4.37. The zero-order chi connectivity index (χ0) is 18.2. The maximum absolute atomic E-state index is 12.2. The molecular formula is C19H19Cl2NO3. The van der Waals surface area contributed by atoms with Crippen LogP contribution in [0.15, 0.2) is 42.5 Å². The van der Waals surface area contributed by atoms with E-state index in [0.29, 0.717) is 27.9 Å². The first kappa shape index (κ1) is 19.3. The predicted octanol–water partition coefficient (Wildman–Crippen LogP) is 4.32. The SMILES string of the molecule is CC(=O)NCCCc1ccc(C(=O)COc2cccc(Cl)c2Cl)cc1. The first-order chi connectivity index (χ1) is 12.0. The Morgan fingerprint density at radius 1 is 1.08 bits per heavy atom. The Bertz CT molecular complexity index is 745. The first-order valence-corrected chi connectivity index (χ1v) is 8.66. The number of ether oxygens (including phenoxy) is 1. The lowest BCUT2D eigenvalue weighted by Crippen LogP contribution is -2.21. The van der Waals surface area contributed by atoms with Crippen molar-refractivity contribution in [3.05, 3.63) is 63.6 Å². The molecule has 2 rings (SSSR count). The van der Waals surface area contributed by atoms with E-state index in [-0.39, 0.29) is 18.3 Å². The fourth-order valence-electron chi connectivity index (χ4n) is 2.24. The van der Waals surface area contributed by atoms with Crippen LogP contribution in [0.5, 0.6) is 5.75 Å². The van der Waals surface area contributed by atoms with Crippen LogP contribution in [0.2, 0.25) is 10.0 Å². The Kier molecular flexibility index (Phi) is 7.29. The summed E-state index contributed by atoms with van der Waals surface area (Å²) in [7, 11) is 0. The summed E-state index contributed by atoms with van der Waals surface area (Å²) in [6.45, 7) is 2.03. The largest absolute Gasteiger partial charge is 0.484 e. The van der Waals surface area contributed by atoms with Crippen molar-refractivity contribution in [2.24, 2.45) is 0 Å². The van der Waals surface area contributed by atoms with Crippen LogP contribution in [0.25, 0.3) is 0 Å². The van der Waals surface area contributed by atoms with Gasteiger partial charge < -0.3 is 10.1 Å². The zero-order valence-corrected chi connectivity index (χ0v) is 15.4. The van der Waals surface area contributed by atoms with Crippen LogP contribution < -0.4 is 10.1 Å². The van der Waals surface area contributed by atoms with Gasteiger partial charge in [0.05, 0.1) is 5.02 Å². The molecule has 132 valence electrons. The number of ketones is 1. The summed E-state index contributed by atoms with van der Waals surface area (Å²) in [5.41, 5.74) is 1.68. The van der Waals surface area contributed by atoms with Crippen molar-refractivity contribution in [2.45, 2.75) is 19.8 Å². The van der Waals surface area contributed by atoms with Gasteiger partial charge in [-0.3, -0.25) is 9.59 Å². The van der Waals surface area contributed by atoms with Gasteiger partial charge in [0.1, 0.15) is 10.8 Å². The van der Waals surface area contributed by atoms with Gasteiger partial charge in [0.25, 0.3) is 0 Å². The second-order valence-electron chi connectivity index (χ2n) is 5.55. The summed E-state index contributed by atoms with van der Waals surface area (Å²) in [6, 6.07) is 12.4. The lowest BCUT2D eigenvalue weighted by molar-refractivity contribution is -0.118. The molecule has 25 heavy (non-hydrogen) atoms. The highest BCUT2D eigenvalue weighted by Gasteiger charge is 2.10. The first-order valence-electron chi connectivity index (χ1n) is 7.91. The summed E-state index contributed by atoms with van der Waals surface area (Å²) in [4.78, 5) is 23.0. The summed E-state index contributed by atoms with van der Waals surface area (Å²) < 4.78 is 5.46. The van der Waals surface area contributed by atoms with Crippen LogP contribution in [0.1, 0.15) is 29.3 Å². The number of nitrogens with one attached hydrogen (secondary N) is 1. The average molecular weight is 380 g/mol. The van der Waals surface area contributed by atoms with Crippen LogP contribution >= 0.6 is 23.2 Å². The standard InChI is InChI=1S/C19H19Cl2NO3/c1-13(23)22-11-3-4-14-7-9-15(10-8-14)17(24)12-25-18-6-2-5-16(20)19(18)21/h2,5-10H,3-4,11-12H2,1H3,(H,22,23). The lowest BCUT2D eigenvalue weighted by Gasteiger charge is -2.09. The molecule has 2 aromatic rings. The number of aryl methyl sites for hydroxylation is 1. The van der Waals surface area contributed by atoms with E-state index in [1.807, 2.05) is 12.1 Å². The lowest BCUT2D eigenvalue weighted by atomic mass is 10.1. The number of carbonyl (C=O) groups excluding carboxylic acids is 2. The van der Waals surface area contributed by atoms with E-state index in [1.165, 1.54) is 6.92 Å². The van der Waals surface area contributed by atoms with E-state index in [0.717, 1.165) is 18.4 Å².